The number of benzene rings is 2. The van der Waals surface area contributed by atoms with E-state index in [2.05, 4.69) is 28.5 Å². The lowest BCUT2D eigenvalue weighted by Crippen LogP contribution is -2.26. The zero-order valence-electron chi connectivity index (χ0n) is 20.7. The summed E-state index contributed by atoms with van der Waals surface area (Å²) in [6.45, 7) is 6.17. The summed E-state index contributed by atoms with van der Waals surface area (Å²) in [4.78, 5) is 7.34. The number of rotatable bonds is 11. The number of unbranched alkanes of at least 4 members (excludes halogenated alkanes) is 1. The molecule has 0 saturated heterocycles. The highest BCUT2D eigenvalue weighted by molar-refractivity contribution is 5.56. The van der Waals surface area contributed by atoms with E-state index in [9.17, 15) is 4.39 Å². The third-order valence-corrected chi connectivity index (χ3v) is 7.33. The molecule has 35 heavy (non-hydrogen) atoms. The van der Waals surface area contributed by atoms with Gasteiger partial charge < -0.3 is 14.0 Å². The molecule has 1 fully saturated rings. The summed E-state index contributed by atoms with van der Waals surface area (Å²) in [6, 6.07) is 13.0. The maximum absolute atomic E-state index is 13.5. The van der Waals surface area contributed by atoms with Crippen LogP contribution in [0.1, 0.15) is 63.1 Å². The Morgan fingerprint density at radius 2 is 1.83 bits per heavy atom. The lowest BCUT2D eigenvalue weighted by Gasteiger charge is -2.25. The van der Waals surface area contributed by atoms with E-state index in [1.807, 2.05) is 24.4 Å². The van der Waals surface area contributed by atoms with Crippen LogP contribution in [-0.4, -0.2) is 27.8 Å². The first-order valence-corrected chi connectivity index (χ1v) is 13.1. The van der Waals surface area contributed by atoms with Gasteiger partial charge in [0, 0.05) is 25.2 Å². The molecule has 0 atom stereocenters. The van der Waals surface area contributed by atoms with Crippen molar-refractivity contribution in [1.82, 2.24) is 14.5 Å². The first kappa shape index (κ1) is 23.9. The second kappa shape index (κ2) is 11.3. The van der Waals surface area contributed by atoms with Gasteiger partial charge in [0.15, 0.2) is 11.5 Å². The fourth-order valence-electron chi connectivity index (χ4n) is 5.34. The molecule has 3 aromatic rings. The fourth-order valence-corrected chi connectivity index (χ4v) is 5.34. The number of ether oxygens (including phenoxy) is 2. The highest BCUT2D eigenvalue weighted by atomic mass is 19.1. The van der Waals surface area contributed by atoms with E-state index < -0.39 is 0 Å². The van der Waals surface area contributed by atoms with Gasteiger partial charge in [0.1, 0.15) is 11.6 Å². The summed E-state index contributed by atoms with van der Waals surface area (Å²) < 4.78 is 27.0. The molecule has 2 aromatic carbocycles. The maximum Gasteiger partial charge on any atom is 0.231 e. The zero-order valence-corrected chi connectivity index (χ0v) is 20.7. The van der Waals surface area contributed by atoms with Gasteiger partial charge in [0.2, 0.25) is 6.79 Å². The van der Waals surface area contributed by atoms with E-state index in [1.165, 1.54) is 55.5 Å². The van der Waals surface area contributed by atoms with Crippen molar-refractivity contribution in [2.45, 2.75) is 71.5 Å². The van der Waals surface area contributed by atoms with Crippen LogP contribution in [0.4, 0.5) is 4.39 Å². The summed E-state index contributed by atoms with van der Waals surface area (Å²) in [5.41, 5.74) is 3.41. The van der Waals surface area contributed by atoms with Crippen LogP contribution in [-0.2, 0) is 19.6 Å². The first-order valence-electron chi connectivity index (χ1n) is 13.1. The van der Waals surface area contributed by atoms with E-state index in [0.717, 1.165) is 67.8 Å². The van der Waals surface area contributed by atoms with Gasteiger partial charge in [-0.05, 0) is 67.3 Å². The molecular weight excluding hydrogens is 441 g/mol. The largest absolute Gasteiger partial charge is 0.454 e. The summed E-state index contributed by atoms with van der Waals surface area (Å²) in [6.07, 6.45) is 10.9. The van der Waals surface area contributed by atoms with Gasteiger partial charge in [-0.3, -0.25) is 4.90 Å². The number of fused-ring (bicyclic) bond motifs is 1. The van der Waals surface area contributed by atoms with Crippen LogP contribution in [0.5, 0.6) is 11.5 Å². The minimum atomic E-state index is -0.220. The van der Waals surface area contributed by atoms with Crippen LogP contribution in [0.15, 0.2) is 48.7 Å². The third kappa shape index (κ3) is 5.87. The van der Waals surface area contributed by atoms with E-state index in [-0.39, 0.29) is 5.82 Å². The Bertz CT molecular complexity index is 1110. The lowest BCUT2D eigenvalue weighted by atomic mass is 10.0. The van der Waals surface area contributed by atoms with Crippen molar-refractivity contribution in [3.05, 3.63) is 65.7 Å². The second-order valence-electron chi connectivity index (χ2n) is 9.92. The average Bonchev–Trinajstić information content (AvgIpc) is 3.63. The molecule has 1 aliphatic heterocycles. The molecule has 1 saturated carbocycles. The van der Waals surface area contributed by atoms with Crippen molar-refractivity contribution in [2.75, 3.05) is 13.3 Å². The fraction of sp³-hybridized carbons (Fsp3) is 0.483. The maximum atomic E-state index is 13.5. The van der Waals surface area contributed by atoms with Crippen LogP contribution < -0.4 is 9.47 Å². The van der Waals surface area contributed by atoms with Crippen LogP contribution in [0.2, 0.25) is 0 Å². The minimum Gasteiger partial charge on any atom is -0.454 e. The van der Waals surface area contributed by atoms with Gasteiger partial charge in [-0.1, -0.05) is 45.1 Å². The Morgan fingerprint density at radius 1 is 1.03 bits per heavy atom. The van der Waals surface area contributed by atoms with Crippen molar-refractivity contribution < 1.29 is 13.9 Å². The molecule has 0 radical (unpaired) electrons. The number of halogens is 1. The van der Waals surface area contributed by atoms with E-state index >= 15 is 0 Å². The Labute approximate surface area is 207 Å². The predicted octanol–water partition coefficient (Wildman–Crippen LogP) is 6.80. The molecule has 0 N–H and O–H groups in total. The highest BCUT2D eigenvalue weighted by Gasteiger charge is 2.20. The molecule has 1 aliphatic carbocycles. The van der Waals surface area contributed by atoms with Gasteiger partial charge in [-0.2, -0.15) is 0 Å². The van der Waals surface area contributed by atoms with Gasteiger partial charge in [0.05, 0.1) is 11.9 Å². The quantitative estimate of drug-likeness (QED) is 0.304. The molecule has 6 heteroatoms. The topological polar surface area (TPSA) is 39.5 Å². The smallest absolute Gasteiger partial charge is 0.231 e. The molecule has 5 rings (SSSR count). The molecule has 186 valence electrons. The van der Waals surface area contributed by atoms with Crippen molar-refractivity contribution in [3.8, 4) is 22.9 Å². The number of hydrogen-bond donors (Lipinski definition) is 0. The molecular formula is C29H36FN3O2. The highest BCUT2D eigenvalue weighted by Crippen LogP contribution is 2.33. The lowest BCUT2D eigenvalue weighted by molar-refractivity contribution is 0.174. The van der Waals surface area contributed by atoms with Gasteiger partial charge >= 0.3 is 0 Å². The molecule has 0 spiro atoms. The van der Waals surface area contributed by atoms with Crippen LogP contribution in [0.3, 0.4) is 0 Å². The van der Waals surface area contributed by atoms with E-state index in [4.69, 9.17) is 14.5 Å². The molecule has 0 bridgehead atoms. The SMILES string of the molecule is CCCCn1c(CN(CCC2CCCC2)Cc2ccc3c(c2)OCO3)cnc1-c1ccc(F)cc1. The second-order valence-corrected chi connectivity index (χ2v) is 9.92. The zero-order chi connectivity index (χ0) is 24.0. The normalized spacial score (nSPS) is 15.4. The van der Waals surface area contributed by atoms with Crippen molar-refractivity contribution in [1.29, 1.82) is 0 Å². The summed E-state index contributed by atoms with van der Waals surface area (Å²) in [5, 5.41) is 0. The Balaban J connectivity index is 1.38. The molecule has 0 unspecified atom stereocenters. The van der Waals surface area contributed by atoms with Crippen LogP contribution >= 0.6 is 0 Å². The number of hydrogen-bond acceptors (Lipinski definition) is 4. The van der Waals surface area contributed by atoms with Crippen molar-refractivity contribution in [3.63, 3.8) is 0 Å². The monoisotopic (exact) mass is 477 g/mol. The van der Waals surface area contributed by atoms with E-state index in [1.54, 1.807) is 0 Å². The van der Waals surface area contributed by atoms with Gasteiger partial charge in [0.25, 0.3) is 0 Å². The molecule has 0 amide bonds. The standard InChI is InChI=1S/C29H36FN3O2/c1-2-3-15-33-26(18-31-29(33)24-9-11-25(30)12-10-24)20-32(16-14-22-6-4-5-7-22)19-23-8-13-27-28(17-23)35-21-34-27/h8-13,17-18,22H,2-7,14-16,19-21H2,1H3. The van der Waals surface area contributed by atoms with E-state index in [0.29, 0.717) is 6.79 Å². The average molecular weight is 478 g/mol. The predicted molar refractivity (Wildman–Crippen MR) is 136 cm³/mol. The summed E-state index contributed by atoms with van der Waals surface area (Å²) >= 11 is 0. The molecule has 2 heterocycles. The van der Waals surface area contributed by atoms with Crippen molar-refractivity contribution >= 4 is 0 Å². The number of aromatic nitrogens is 2. The van der Waals surface area contributed by atoms with Gasteiger partial charge in [-0.25, -0.2) is 9.37 Å². The summed E-state index contributed by atoms with van der Waals surface area (Å²) in [7, 11) is 0. The van der Waals surface area contributed by atoms with Crippen molar-refractivity contribution in [2.24, 2.45) is 5.92 Å². The minimum absolute atomic E-state index is 0.220. The van der Waals surface area contributed by atoms with Gasteiger partial charge in [-0.15, -0.1) is 0 Å². The van der Waals surface area contributed by atoms with Crippen LogP contribution in [0.25, 0.3) is 11.4 Å². The molecule has 5 nitrogen and oxygen atoms in total. The summed E-state index contributed by atoms with van der Waals surface area (Å²) in [5.74, 6) is 3.21. The number of nitrogens with zero attached hydrogens (tertiary/aromatic N) is 3. The Morgan fingerprint density at radius 3 is 2.63 bits per heavy atom. The molecule has 1 aromatic heterocycles. The van der Waals surface area contributed by atoms with Crippen LogP contribution in [0, 0.1) is 11.7 Å². The Hall–Kier alpha value is -2.86. The first-order chi connectivity index (χ1) is 17.2. The third-order valence-electron chi connectivity index (χ3n) is 7.33. The Kier molecular flexibility index (Phi) is 7.67. The number of imidazole rings is 1. The molecule has 2 aliphatic rings.